The number of hydrogen-bond acceptors (Lipinski definition) is 3. The van der Waals surface area contributed by atoms with Crippen LogP contribution in [0.5, 0.6) is 0 Å². The van der Waals surface area contributed by atoms with Crippen LogP contribution in [0.2, 0.25) is 0 Å². The highest BCUT2D eigenvalue weighted by Gasteiger charge is 2.39. The van der Waals surface area contributed by atoms with Crippen molar-refractivity contribution >= 4 is 0 Å². The minimum Gasteiger partial charge on any atom is -0.381 e. The molecule has 2 heterocycles. The summed E-state index contributed by atoms with van der Waals surface area (Å²) >= 11 is 0. The minimum absolute atomic E-state index is 0.363. The molecular formula is C17H34N2O. The molecule has 2 saturated heterocycles. The molecule has 3 heteroatoms. The topological polar surface area (TPSA) is 24.5 Å². The maximum absolute atomic E-state index is 5.73. The van der Waals surface area contributed by atoms with E-state index in [-0.39, 0.29) is 0 Å². The van der Waals surface area contributed by atoms with E-state index in [1.165, 1.54) is 38.9 Å². The van der Waals surface area contributed by atoms with Crippen LogP contribution in [0.1, 0.15) is 47.0 Å². The Balaban J connectivity index is 1.86. The third-order valence-corrected chi connectivity index (χ3v) is 5.17. The van der Waals surface area contributed by atoms with E-state index in [4.69, 9.17) is 4.74 Å². The number of ether oxygens (including phenoxy) is 1. The summed E-state index contributed by atoms with van der Waals surface area (Å²) in [7, 11) is 0. The van der Waals surface area contributed by atoms with Crippen molar-refractivity contribution in [2.24, 2.45) is 16.7 Å². The van der Waals surface area contributed by atoms with Gasteiger partial charge in [-0.2, -0.15) is 0 Å². The monoisotopic (exact) mass is 282 g/mol. The van der Waals surface area contributed by atoms with Gasteiger partial charge in [-0.15, -0.1) is 0 Å². The Morgan fingerprint density at radius 2 is 2.15 bits per heavy atom. The Kier molecular flexibility index (Phi) is 5.49. The first kappa shape index (κ1) is 16.3. The van der Waals surface area contributed by atoms with Crippen LogP contribution in [0.3, 0.4) is 0 Å². The van der Waals surface area contributed by atoms with Gasteiger partial charge in [0.2, 0.25) is 0 Å². The molecule has 1 N–H and O–H groups in total. The number of nitrogens with zero attached hydrogens (tertiary/aromatic N) is 1. The van der Waals surface area contributed by atoms with Gasteiger partial charge in [0.15, 0.2) is 0 Å². The normalized spacial score (nSPS) is 32.1. The van der Waals surface area contributed by atoms with Crippen molar-refractivity contribution in [3.8, 4) is 0 Å². The fourth-order valence-electron chi connectivity index (χ4n) is 3.66. The van der Waals surface area contributed by atoms with Gasteiger partial charge in [0.25, 0.3) is 0 Å². The van der Waals surface area contributed by atoms with Crippen molar-refractivity contribution in [2.45, 2.75) is 47.0 Å². The summed E-state index contributed by atoms with van der Waals surface area (Å²) in [5, 5.41) is 3.63. The number of rotatable bonds is 6. The van der Waals surface area contributed by atoms with Crippen molar-refractivity contribution in [1.29, 1.82) is 0 Å². The molecule has 0 amide bonds. The summed E-state index contributed by atoms with van der Waals surface area (Å²) < 4.78 is 5.73. The van der Waals surface area contributed by atoms with Crippen LogP contribution in [0, 0.1) is 16.7 Å². The number of nitrogens with one attached hydrogen (secondary N) is 1. The summed E-state index contributed by atoms with van der Waals surface area (Å²) in [5.74, 6) is 0.852. The second-order valence-corrected chi connectivity index (χ2v) is 8.07. The summed E-state index contributed by atoms with van der Waals surface area (Å²) in [5.41, 5.74) is 0.816. The van der Waals surface area contributed by atoms with Crippen molar-refractivity contribution in [2.75, 3.05) is 45.9 Å². The minimum atomic E-state index is 0.363. The molecule has 2 unspecified atom stereocenters. The molecule has 2 aliphatic heterocycles. The molecule has 2 fully saturated rings. The van der Waals surface area contributed by atoms with E-state index >= 15 is 0 Å². The van der Waals surface area contributed by atoms with Crippen molar-refractivity contribution in [3.05, 3.63) is 0 Å². The lowest BCUT2D eigenvalue weighted by atomic mass is 9.80. The second kappa shape index (κ2) is 6.76. The molecule has 118 valence electrons. The zero-order chi connectivity index (χ0) is 14.6. The van der Waals surface area contributed by atoms with E-state index in [1.54, 1.807) is 0 Å². The predicted octanol–water partition coefficient (Wildman–Crippen LogP) is 2.76. The number of likely N-dealkylation sites (tertiary alicyclic amines) is 1. The van der Waals surface area contributed by atoms with Gasteiger partial charge in [-0.1, -0.05) is 27.7 Å². The zero-order valence-corrected chi connectivity index (χ0v) is 14.0. The Hall–Kier alpha value is -0.120. The van der Waals surface area contributed by atoms with Gasteiger partial charge >= 0.3 is 0 Å². The Bertz CT molecular complexity index is 292. The van der Waals surface area contributed by atoms with Gasteiger partial charge in [-0.05, 0) is 43.7 Å². The van der Waals surface area contributed by atoms with E-state index < -0.39 is 0 Å². The molecule has 0 aromatic carbocycles. The molecule has 0 bridgehead atoms. The SMILES string of the molecule is CCCNCC1(CN2CCC(C(C)(C)C)C2)CCOC1. The van der Waals surface area contributed by atoms with E-state index in [1.807, 2.05) is 0 Å². The van der Waals surface area contributed by atoms with E-state index in [0.717, 1.165) is 32.2 Å². The van der Waals surface area contributed by atoms with E-state index in [2.05, 4.69) is 37.9 Å². The Morgan fingerprint density at radius 3 is 2.70 bits per heavy atom. The second-order valence-electron chi connectivity index (χ2n) is 8.07. The lowest BCUT2D eigenvalue weighted by molar-refractivity contribution is 0.113. The first-order valence-corrected chi connectivity index (χ1v) is 8.46. The van der Waals surface area contributed by atoms with Gasteiger partial charge in [-0.3, -0.25) is 0 Å². The summed E-state index contributed by atoms with van der Waals surface area (Å²) in [6.45, 7) is 17.3. The maximum Gasteiger partial charge on any atom is 0.0547 e. The summed E-state index contributed by atoms with van der Waals surface area (Å²) in [4.78, 5) is 2.69. The fraction of sp³-hybridized carbons (Fsp3) is 1.00. The molecule has 20 heavy (non-hydrogen) atoms. The molecule has 0 aliphatic carbocycles. The largest absolute Gasteiger partial charge is 0.381 e. The van der Waals surface area contributed by atoms with Gasteiger partial charge < -0.3 is 15.0 Å². The predicted molar refractivity (Wildman–Crippen MR) is 85.0 cm³/mol. The van der Waals surface area contributed by atoms with Crippen LogP contribution in [-0.4, -0.2) is 50.8 Å². The Morgan fingerprint density at radius 1 is 1.35 bits per heavy atom. The highest BCUT2D eigenvalue weighted by atomic mass is 16.5. The fourth-order valence-corrected chi connectivity index (χ4v) is 3.66. The van der Waals surface area contributed by atoms with Crippen molar-refractivity contribution in [3.63, 3.8) is 0 Å². The van der Waals surface area contributed by atoms with Gasteiger partial charge in [0.1, 0.15) is 0 Å². The lowest BCUT2D eigenvalue weighted by Gasteiger charge is -2.33. The average Bonchev–Trinajstić information content (AvgIpc) is 2.99. The summed E-state index contributed by atoms with van der Waals surface area (Å²) in [6, 6.07) is 0. The highest BCUT2D eigenvalue weighted by Crippen LogP contribution is 2.36. The molecule has 2 rings (SSSR count). The molecule has 2 atom stereocenters. The number of hydrogen-bond donors (Lipinski definition) is 1. The van der Waals surface area contributed by atoms with Crippen LogP contribution < -0.4 is 5.32 Å². The van der Waals surface area contributed by atoms with Gasteiger partial charge in [-0.25, -0.2) is 0 Å². The molecule has 0 aromatic heterocycles. The third-order valence-electron chi connectivity index (χ3n) is 5.17. The maximum atomic E-state index is 5.73. The van der Waals surface area contributed by atoms with Crippen LogP contribution in [0.25, 0.3) is 0 Å². The lowest BCUT2D eigenvalue weighted by Crippen LogP contribution is -2.44. The van der Waals surface area contributed by atoms with Crippen LogP contribution in [0.15, 0.2) is 0 Å². The first-order chi connectivity index (χ1) is 9.45. The van der Waals surface area contributed by atoms with Crippen LogP contribution >= 0.6 is 0 Å². The van der Waals surface area contributed by atoms with E-state index in [9.17, 15) is 0 Å². The van der Waals surface area contributed by atoms with Crippen molar-refractivity contribution in [1.82, 2.24) is 10.2 Å². The van der Waals surface area contributed by atoms with Crippen LogP contribution in [0.4, 0.5) is 0 Å². The molecule has 0 spiro atoms. The van der Waals surface area contributed by atoms with Crippen molar-refractivity contribution < 1.29 is 4.74 Å². The Labute approximate surface area is 125 Å². The standard InChI is InChI=1S/C17H34N2O/c1-5-8-18-12-17(7-10-20-14-17)13-19-9-6-15(11-19)16(2,3)4/h15,18H,5-14H2,1-4H3. The molecular weight excluding hydrogens is 248 g/mol. The average molecular weight is 282 g/mol. The summed E-state index contributed by atoms with van der Waals surface area (Å²) in [6.07, 6.45) is 3.80. The molecule has 0 radical (unpaired) electrons. The third kappa shape index (κ3) is 4.19. The zero-order valence-electron chi connectivity index (χ0n) is 14.0. The van der Waals surface area contributed by atoms with E-state index in [0.29, 0.717) is 10.8 Å². The first-order valence-electron chi connectivity index (χ1n) is 8.46. The molecule has 0 saturated carbocycles. The quantitative estimate of drug-likeness (QED) is 0.758. The van der Waals surface area contributed by atoms with Gasteiger partial charge in [0.05, 0.1) is 6.61 Å². The van der Waals surface area contributed by atoms with Crippen LogP contribution in [-0.2, 0) is 4.74 Å². The molecule has 0 aromatic rings. The highest BCUT2D eigenvalue weighted by molar-refractivity contribution is 4.92. The molecule has 3 nitrogen and oxygen atoms in total. The molecule has 2 aliphatic rings. The smallest absolute Gasteiger partial charge is 0.0547 e. The van der Waals surface area contributed by atoms with Gasteiger partial charge in [0, 0.05) is 31.7 Å².